The Balaban J connectivity index is 1.60. The van der Waals surface area contributed by atoms with Crippen LogP contribution in [0.5, 0.6) is 11.5 Å². The highest BCUT2D eigenvalue weighted by molar-refractivity contribution is 14.1. The largest absolute Gasteiger partial charge is 0.493 e. The number of rotatable bonds is 7. The van der Waals surface area contributed by atoms with Gasteiger partial charge in [0.15, 0.2) is 18.1 Å². The molecule has 0 spiro atoms. The van der Waals surface area contributed by atoms with E-state index in [0.29, 0.717) is 25.5 Å². The van der Waals surface area contributed by atoms with E-state index in [1.807, 2.05) is 65.1 Å². The van der Waals surface area contributed by atoms with Crippen molar-refractivity contribution in [3.63, 3.8) is 0 Å². The minimum absolute atomic E-state index is 0.187. The first-order chi connectivity index (χ1) is 15.9. The molecule has 1 N–H and O–H groups in total. The second-order valence-corrected chi connectivity index (χ2v) is 9.28. The van der Waals surface area contributed by atoms with Gasteiger partial charge in [0.05, 0.1) is 22.1 Å². The number of carbonyl (C=O) groups excluding carboxylic acids is 2. The van der Waals surface area contributed by atoms with Crippen molar-refractivity contribution >= 4 is 68.3 Å². The molecular formula is C24H18INO6S. The molecule has 0 saturated carbocycles. The number of fused-ring (bicyclic) bond motifs is 1. The number of nitrogens with zero attached hydrogens (tertiary/aromatic N) is 1. The molecule has 2 amide bonds. The molecule has 168 valence electrons. The Bertz CT molecular complexity index is 1300. The van der Waals surface area contributed by atoms with Crippen LogP contribution >= 0.6 is 34.4 Å². The lowest BCUT2D eigenvalue weighted by molar-refractivity contribution is -0.139. The molecule has 1 aliphatic heterocycles. The molecule has 3 aromatic rings. The fourth-order valence-corrected chi connectivity index (χ4v) is 5.10. The molecular weight excluding hydrogens is 557 g/mol. The molecule has 9 heteroatoms. The number of aliphatic carboxylic acids is 1. The molecule has 1 aliphatic rings. The van der Waals surface area contributed by atoms with E-state index < -0.39 is 12.6 Å². The number of ether oxygens (including phenoxy) is 2. The van der Waals surface area contributed by atoms with Crippen molar-refractivity contribution in [2.24, 2.45) is 0 Å². The first-order valence-corrected chi connectivity index (χ1v) is 11.7. The van der Waals surface area contributed by atoms with E-state index in [1.54, 1.807) is 18.2 Å². The summed E-state index contributed by atoms with van der Waals surface area (Å²) < 4.78 is 11.3. The number of hydrogen-bond acceptors (Lipinski definition) is 6. The van der Waals surface area contributed by atoms with Crippen molar-refractivity contribution in [3.05, 3.63) is 74.2 Å². The van der Waals surface area contributed by atoms with Crippen molar-refractivity contribution in [2.45, 2.75) is 6.54 Å². The summed E-state index contributed by atoms with van der Waals surface area (Å²) >= 11 is 2.89. The summed E-state index contributed by atoms with van der Waals surface area (Å²) in [5.41, 5.74) is 1.53. The van der Waals surface area contributed by atoms with Crippen molar-refractivity contribution in [1.82, 2.24) is 4.90 Å². The van der Waals surface area contributed by atoms with Crippen LogP contribution in [0.15, 0.2) is 59.5 Å². The van der Waals surface area contributed by atoms with Gasteiger partial charge >= 0.3 is 5.97 Å². The molecule has 1 fully saturated rings. The molecule has 33 heavy (non-hydrogen) atoms. The van der Waals surface area contributed by atoms with Crippen LogP contribution in [0.2, 0.25) is 0 Å². The van der Waals surface area contributed by atoms with Gasteiger partial charge in [0.1, 0.15) is 0 Å². The van der Waals surface area contributed by atoms with Crippen LogP contribution in [-0.4, -0.2) is 40.8 Å². The average molecular weight is 575 g/mol. The number of carboxylic acids is 1. The molecule has 0 aliphatic carbocycles. The lowest BCUT2D eigenvalue weighted by Gasteiger charge is -2.14. The molecule has 0 radical (unpaired) electrons. The number of methoxy groups -OCH3 is 1. The maximum absolute atomic E-state index is 13.0. The number of carbonyl (C=O) groups is 3. The van der Waals surface area contributed by atoms with Gasteiger partial charge in [0.2, 0.25) is 0 Å². The van der Waals surface area contributed by atoms with E-state index in [9.17, 15) is 14.4 Å². The molecule has 0 bridgehead atoms. The lowest BCUT2D eigenvalue weighted by atomic mass is 10.0. The van der Waals surface area contributed by atoms with Gasteiger partial charge in [0, 0.05) is 0 Å². The fraction of sp³-hybridized carbons (Fsp3) is 0.125. The van der Waals surface area contributed by atoms with Gasteiger partial charge in [-0.3, -0.25) is 14.5 Å². The van der Waals surface area contributed by atoms with E-state index in [2.05, 4.69) is 0 Å². The number of thioether (sulfide) groups is 1. The highest BCUT2D eigenvalue weighted by Crippen LogP contribution is 2.38. The van der Waals surface area contributed by atoms with Gasteiger partial charge in [-0.25, -0.2) is 4.79 Å². The fourth-order valence-electron chi connectivity index (χ4n) is 3.49. The quantitative estimate of drug-likeness (QED) is 0.308. The van der Waals surface area contributed by atoms with Crippen molar-refractivity contribution < 1.29 is 29.0 Å². The minimum atomic E-state index is -1.10. The number of hydrogen-bond donors (Lipinski definition) is 1. The van der Waals surface area contributed by atoms with E-state index in [4.69, 9.17) is 14.6 Å². The smallest absolute Gasteiger partial charge is 0.341 e. The van der Waals surface area contributed by atoms with Crippen molar-refractivity contribution in [3.8, 4) is 11.5 Å². The summed E-state index contributed by atoms with van der Waals surface area (Å²) in [6.45, 7) is -0.315. The zero-order chi connectivity index (χ0) is 23.5. The molecule has 0 aromatic heterocycles. The normalized spacial score (nSPS) is 14.8. The first kappa shape index (κ1) is 23.1. The predicted molar refractivity (Wildman–Crippen MR) is 134 cm³/mol. The van der Waals surface area contributed by atoms with Crippen LogP contribution in [0.25, 0.3) is 16.8 Å². The highest BCUT2D eigenvalue weighted by Gasteiger charge is 2.35. The molecule has 7 nitrogen and oxygen atoms in total. The molecule has 4 rings (SSSR count). The summed E-state index contributed by atoms with van der Waals surface area (Å²) in [7, 11) is 1.45. The molecule has 0 atom stereocenters. The van der Waals surface area contributed by atoms with Crippen LogP contribution in [0, 0.1) is 3.57 Å². The van der Waals surface area contributed by atoms with Crippen molar-refractivity contribution in [1.29, 1.82) is 0 Å². The molecule has 0 unspecified atom stereocenters. The summed E-state index contributed by atoms with van der Waals surface area (Å²) in [4.78, 5) is 38.1. The lowest BCUT2D eigenvalue weighted by Crippen LogP contribution is -2.27. The maximum Gasteiger partial charge on any atom is 0.341 e. The van der Waals surface area contributed by atoms with Crippen molar-refractivity contribution in [2.75, 3.05) is 13.7 Å². The molecule has 3 aromatic carbocycles. The SMILES string of the molecule is COc1cc(/C=C2/SC(=O)N(Cc3cccc4ccccc34)C2=O)cc(I)c1OCC(=O)O. The maximum atomic E-state index is 13.0. The van der Waals surface area contributed by atoms with Crippen LogP contribution in [-0.2, 0) is 16.1 Å². The van der Waals surface area contributed by atoms with Gasteiger partial charge in [-0.15, -0.1) is 0 Å². The van der Waals surface area contributed by atoms with Gasteiger partial charge < -0.3 is 14.6 Å². The second-order valence-electron chi connectivity index (χ2n) is 7.12. The number of carboxylic acid groups (broad SMARTS) is 1. The Morgan fingerprint density at radius 3 is 2.67 bits per heavy atom. The third kappa shape index (κ3) is 4.98. The van der Waals surface area contributed by atoms with E-state index in [0.717, 1.165) is 28.1 Å². The Labute approximate surface area is 207 Å². The predicted octanol–water partition coefficient (Wildman–Crippen LogP) is 5.15. The zero-order valence-electron chi connectivity index (χ0n) is 17.4. The van der Waals surface area contributed by atoms with Gasteiger partial charge in [-0.1, -0.05) is 42.5 Å². The molecule has 1 saturated heterocycles. The summed E-state index contributed by atoms with van der Waals surface area (Å²) in [6.07, 6.45) is 1.62. The zero-order valence-corrected chi connectivity index (χ0v) is 20.4. The number of amides is 2. The number of imide groups is 1. The van der Waals surface area contributed by atoms with Gasteiger partial charge in [-0.05, 0) is 74.5 Å². The topological polar surface area (TPSA) is 93.1 Å². The van der Waals surface area contributed by atoms with Gasteiger partial charge in [-0.2, -0.15) is 0 Å². The Morgan fingerprint density at radius 2 is 1.91 bits per heavy atom. The van der Waals surface area contributed by atoms with E-state index >= 15 is 0 Å². The van der Waals surface area contributed by atoms with E-state index in [1.165, 1.54) is 12.0 Å². The van der Waals surface area contributed by atoms with Crippen LogP contribution in [0.1, 0.15) is 11.1 Å². The summed E-state index contributed by atoms with van der Waals surface area (Å²) in [5.74, 6) is -0.819. The third-order valence-electron chi connectivity index (χ3n) is 4.97. The van der Waals surface area contributed by atoms with Gasteiger partial charge in [0.25, 0.3) is 11.1 Å². The van der Waals surface area contributed by atoms with Crippen LogP contribution < -0.4 is 9.47 Å². The average Bonchev–Trinajstić information content (AvgIpc) is 3.05. The van der Waals surface area contributed by atoms with Crippen LogP contribution in [0.4, 0.5) is 4.79 Å². The molecule has 1 heterocycles. The Kier molecular flexibility index (Phi) is 6.89. The second kappa shape index (κ2) is 9.84. The summed E-state index contributed by atoms with van der Waals surface area (Å²) in [6, 6.07) is 17.0. The minimum Gasteiger partial charge on any atom is -0.493 e. The monoisotopic (exact) mass is 575 g/mol. The van der Waals surface area contributed by atoms with E-state index in [-0.39, 0.29) is 17.7 Å². The standard InChI is InChI=1S/C24H18INO6S/c1-31-19-10-14(9-18(25)22(19)32-13-21(27)28)11-20-23(29)26(24(30)33-20)12-16-7-4-6-15-5-2-3-8-17(15)16/h2-11H,12-13H2,1H3,(H,27,28)/b20-11+. The third-order valence-corrected chi connectivity index (χ3v) is 6.68. The number of halogens is 1. The Morgan fingerprint density at radius 1 is 1.15 bits per heavy atom. The first-order valence-electron chi connectivity index (χ1n) is 9.81. The Hall–Kier alpha value is -3.05. The highest BCUT2D eigenvalue weighted by atomic mass is 127. The van der Waals surface area contributed by atoms with Crippen LogP contribution in [0.3, 0.4) is 0 Å². The number of benzene rings is 3. The summed E-state index contributed by atoms with van der Waals surface area (Å²) in [5, 5.41) is 10.6.